The summed E-state index contributed by atoms with van der Waals surface area (Å²) in [5, 5.41) is 3.79. The molecule has 0 aliphatic rings. The summed E-state index contributed by atoms with van der Waals surface area (Å²) in [5.41, 5.74) is 1.62. The quantitative estimate of drug-likeness (QED) is 0.747. The van der Waals surface area contributed by atoms with Gasteiger partial charge in [0.25, 0.3) is 0 Å². The molecule has 1 unspecified atom stereocenters. The third-order valence-electron chi connectivity index (χ3n) is 3.09. The van der Waals surface area contributed by atoms with Crippen LogP contribution in [0.5, 0.6) is 5.75 Å². The van der Waals surface area contributed by atoms with Gasteiger partial charge < -0.3 is 10.1 Å². The zero-order chi connectivity index (χ0) is 16.8. The monoisotopic (exact) mass is 349 g/mol. The molecule has 0 saturated heterocycles. The zero-order valence-electron chi connectivity index (χ0n) is 12.8. The van der Waals surface area contributed by atoms with Crippen LogP contribution < -0.4 is 10.1 Å². The van der Waals surface area contributed by atoms with Crippen LogP contribution in [0.4, 0.5) is 5.69 Å². The largest absolute Gasteiger partial charge is 0.485 e. The second kappa shape index (κ2) is 8.04. The summed E-state index contributed by atoms with van der Waals surface area (Å²) in [5.74, 6) is 0.319. The Hall–Kier alpha value is -1.97. The van der Waals surface area contributed by atoms with Crippen molar-refractivity contribution in [2.24, 2.45) is 0 Å². The lowest BCUT2D eigenvalue weighted by Gasteiger charge is -2.13. The predicted octanol–water partition coefficient (Wildman–Crippen LogP) is 5.26. The Balaban J connectivity index is 1.95. The number of nitrogens with one attached hydrogen (secondary N) is 1. The van der Waals surface area contributed by atoms with E-state index in [1.807, 2.05) is 44.2 Å². The number of rotatable bonds is 5. The molecule has 23 heavy (non-hydrogen) atoms. The maximum Gasteiger partial charge on any atom is 0.248 e. The minimum absolute atomic E-state index is 0.218. The average Bonchev–Trinajstić information content (AvgIpc) is 2.51. The first kappa shape index (κ1) is 17.4. The molecule has 0 spiro atoms. The standard InChI is InChI=1S/C18H17Cl2NO2/c1-12-10-17(16(20)11-15(12)19)23-13(2)8-9-18(22)21-14-6-4-3-5-7-14/h3-11,13H,1-2H3,(H,21,22). The number of carbonyl (C=O) groups is 1. The Bertz CT molecular complexity index is 714. The normalized spacial score (nSPS) is 12.2. The fourth-order valence-electron chi connectivity index (χ4n) is 1.89. The van der Waals surface area contributed by atoms with Gasteiger partial charge in [0.2, 0.25) is 5.91 Å². The Morgan fingerprint density at radius 3 is 2.57 bits per heavy atom. The van der Waals surface area contributed by atoms with Gasteiger partial charge >= 0.3 is 0 Å². The molecule has 0 aliphatic carbocycles. The summed E-state index contributed by atoms with van der Waals surface area (Å²) < 4.78 is 5.72. The van der Waals surface area contributed by atoms with Crippen molar-refractivity contribution in [1.29, 1.82) is 0 Å². The molecule has 0 aromatic heterocycles. The lowest BCUT2D eigenvalue weighted by atomic mass is 10.2. The highest BCUT2D eigenvalue weighted by Crippen LogP contribution is 2.31. The molecule has 0 heterocycles. The molecular formula is C18H17Cl2NO2. The van der Waals surface area contributed by atoms with Crippen molar-refractivity contribution in [2.45, 2.75) is 20.0 Å². The van der Waals surface area contributed by atoms with E-state index >= 15 is 0 Å². The van der Waals surface area contributed by atoms with Crippen LogP contribution >= 0.6 is 23.2 Å². The van der Waals surface area contributed by atoms with E-state index in [1.54, 1.807) is 18.2 Å². The summed E-state index contributed by atoms with van der Waals surface area (Å²) in [4.78, 5) is 11.8. The molecule has 120 valence electrons. The number of ether oxygens (including phenoxy) is 1. The minimum Gasteiger partial charge on any atom is -0.485 e. The molecule has 0 bridgehead atoms. The Labute approximate surface area is 145 Å². The fraction of sp³-hybridized carbons (Fsp3) is 0.167. The maximum atomic E-state index is 11.8. The second-order valence-electron chi connectivity index (χ2n) is 5.07. The topological polar surface area (TPSA) is 38.3 Å². The van der Waals surface area contributed by atoms with E-state index in [2.05, 4.69) is 5.32 Å². The zero-order valence-corrected chi connectivity index (χ0v) is 14.4. The summed E-state index contributed by atoms with van der Waals surface area (Å²) in [6.07, 6.45) is 2.79. The van der Waals surface area contributed by atoms with Crippen LogP contribution in [0, 0.1) is 6.92 Å². The van der Waals surface area contributed by atoms with Crippen LogP contribution in [0.25, 0.3) is 0 Å². The summed E-state index contributed by atoms with van der Waals surface area (Å²) in [6, 6.07) is 12.7. The van der Waals surface area contributed by atoms with Crippen LogP contribution in [0.15, 0.2) is 54.6 Å². The van der Waals surface area contributed by atoms with Crippen molar-refractivity contribution < 1.29 is 9.53 Å². The lowest BCUT2D eigenvalue weighted by molar-refractivity contribution is -0.111. The van der Waals surface area contributed by atoms with Gasteiger partial charge in [-0.2, -0.15) is 0 Å². The maximum absolute atomic E-state index is 11.8. The molecule has 1 amide bonds. The van der Waals surface area contributed by atoms with E-state index < -0.39 is 0 Å². The van der Waals surface area contributed by atoms with Crippen LogP contribution in [0.1, 0.15) is 12.5 Å². The molecule has 5 heteroatoms. The van der Waals surface area contributed by atoms with Crippen molar-refractivity contribution in [3.63, 3.8) is 0 Å². The van der Waals surface area contributed by atoms with Gasteiger partial charge in [0, 0.05) is 16.8 Å². The first-order valence-electron chi connectivity index (χ1n) is 7.12. The van der Waals surface area contributed by atoms with Crippen molar-refractivity contribution in [3.05, 3.63) is 70.2 Å². The molecule has 0 fully saturated rings. The van der Waals surface area contributed by atoms with Crippen LogP contribution in [-0.2, 0) is 4.79 Å². The van der Waals surface area contributed by atoms with Crippen molar-refractivity contribution in [2.75, 3.05) is 5.32 Å². The second-order valence-corrected chi connectivity index (χ2v) is 5.88. The van der Waals surface area contributed by atoms with Gasteiger partial charge in [0.05, 0.1) is 5.02 Å². The fourth-order valence-corrected chi connectivity index (χ4v) is 2.32. The molecular weight excluding hydrogens is 333 g/mol. The van der Waals surface area contributed by atoms with Gasteiger partial charge in [0.1, 0.15) is 11.9 Å². The number of hydrogen-bond acceptors (Lipinski definition) is 2. The molecule has 0 aliphatic heterocycles. The summed E-state index contributed by atoms with van der Waals surface area (Å²) in [6.45, 7) is 3.70. The Morgan fingerprint density at radius 1 is 1.17 bits per heavy atom. The highest BCUT2D eigenvalue weighted by Gasteiger charge is 2.08. The van der Waals surface area contributed by atoms with E-state index in [0.29, 0.717) is 15.8 Å². The van der Waals surface area contributed by atoms with Crippen molar-refractivity contribution in [3.8, 4) is 5.75 Å². The number of amides is 1. The Kier molecular flexibility index (Phi) is 6.08. The minimum atomic E-state index is -0.311. The number of aryl methyl sites for hydroxylation is 1. The highest BCUT2D eigenvalue weighted by molar-refractivity contribution is 6.36. The molecule has 1 atom stereocenters. The first-order chi connectivity index (χ1) is 11.0. The third-order valence-corrected chi connectivity index (χ3v) is 3.79. The number of para-hydroxylation sites is 1. The average molecular weight is 350 g/mol. The van der Waals surface area contributed by atoms with Gasteiger partial charge in [-0.25, -0.2) is 0 Å². The highest BCUT2D eigenvalue weighted by atomic mass is 35.5. The van der Waals surface area contributed by atoms with Crippen molar-refractivity contribution in [1.82, 2.24) is 0 Å². The van der Waals surface area contributed by atoms with Gasteiger partial charge in [-0.15, -0.1) is 0 Å². The van der Waals surface area contributed by atoms with Gasteiger partial charge in [-0.05, 0) is 49.8 Å². The summed E-state index contributed by atoms with van der Waals surface area (Å²) >= 11 is 12.1. The number of benzene rings is 2. The van der Waals surface area contributed by atoms with Crippen LogP contribution in [0.2, 0.25) is 10.0 Å². The van der Waals surface area contributed by atoms with Gasteiger partial charge in [-0.3, -0.25) is 4.79 Å². The van der Waals surface area contributed by atoms with Crippen molar-refractivity contribution >= 4 is 34.8 Å². The lowest BCUT2D eigenvalue weighted by Crippen LogP contribution is -2.12. The molecule has 3 nitrogen and oxygen atoms in total. The predicted molar refractivity (Wildman–Crippen MR) is 95.5 cm³/mol. The van der Waals surface area contributed by atoms with Gasteiger partial charge in [-0.1, -0.05) is 41.4 Å². The number of hydrogen-bond donors (Lipinski definition) is 1. The molecule has 2 aromatic carbocycles. The van der Waals surface area contributed by atoms with Crippen LogP contribution in [-0.4, -0.2) is 12.0 Å². The molecule has 0 saturated carbocycles. The molecule has 1 N–H and O–H groups in total. The third kappa shape index (κ3) is 5.31. The van der Waals surface area contributed by atoms with E-state index in [4.69, 9.17) is 27.9 Å². The Morgan fingerprint density at radius 2 is 1.87 bits per heavy atom. The molecule has 2 rings (SSSR count). The first-order valence-corrected chi connectivity index (χ1v) is 7.88. The number of anilines is 1. The molecule has 0 radical (unpaired) electrons. The van der Waals surface area contributed by atoms with Crippen LogP contribution in [0.3, 0.4) is 0 Å². The number of carbonyl (C=O) groups excluding carboxylic acids is 1. The smallest absolute Gasteiger partial charge is 0.248 e. The van der Waals surface area contributed by atoms with E-state index in [-0.39, 0.29) is 12.0 Å². The van der Waals surface area contributed by atoms with E-state index in [0.717, 1.165) is 11.3 Å². The van der Waals surface area contributed by atoms with E-state index in [1.165, 1.54) is 6.08 Å². The van der Waals surface area contributed by atoms with E-state index in [9.17, 15) is 4.79 Å². The SMILES string of the molecule is Cc1cc(OC(C)C=CC(=O)Nc2ccccc2)c(Cl)cc1Cl. The van der Waals surface area contributed by atoms with Gasteiger partial charge in [0.15, 0.2) is 0 Å². The summed E-state index contributed by atoms with van der Waals surface area (Å²) in [7, 11) is 0. The number of halogens is 2. The molecule has 2 aromatic rings.